The van der Waals surface area contributed by atoms with Crippen LogP contribution in [0.1, 0.15) is 17.2 Å². The second-order valence-electron chi connectivity index (χ2n) is 4.42. The first kappa shape index (κ1) is 15.8. The summed E-state index contributed by atoms with van der Waals surface area (Å²) in [4.78, 5) is 0. The minimum atomic E-state index is -0.253. The van der Waals surface area contributed by atoms with E-state index in [4.69, 9.17) is 23.2 Å². The Labute approximate surface area is 136 Å². The van der Waals surface area contributed by atoms with Crippen molar-refractivity contribution in [2.75, 3.05) is 7.05 Å². The predicted octanol–water partition coefficient (Wildman–Crippen LogP) is 5.40. The molecule has 0 fully saturated rings. The summed E-state index contributed by atoms with van der Waals surface area (Å²) in [7, 11) is 1.79. The van der Waals surface area contributed by atoms with E-state index in [0.717, 1.165) is 10.0 Å². The molecule has 0 heterocycles. The van der Waals surface area contributed by atoms with E-state index in [-0.39, 0.29) is 11.9 Å². The van der Waals surface area contributed by atoms with Crippen molar-refractivity contribution in [3.63, 3.8) is 0 Å². The molecule has 2 aromatic rings. The van der Waals surface area contributed by atoms with Crippen molar-refractivity contribution in [3.8, 4) is 0 Å². The molecule has 0 aromatic heterocycles. The summed E-state index contributed by atoms with van der Waals surface area (Å²) in [5.41, 5.74) is 1.47. The summed E-state index contributed by atoms with van der Waals surface area (Å²) in [6.45, 7) is 0. The number of rotatable bonds is 4. The Hall–Kier alpha value is -0.610. The van der Waals surface area contributed by atoms with Crippen LogP contribution in [0, 0.1) is 5.82 Å². The molecule has 1 unspecified atom stereocenters. The smallest absolute Gasteiger partial charge is 0.129 e. The van der Waals surface area contributed by atoms with Crippen LogP contribution in [0.25, 0.3) is 0 Å². The maximum absolute atomic E-state index is 14.0. The molecule has 106 valence electrons. The Kier molecular flexibility index (Phi) is 5.44. The van der Waals surface area contributed by atoms with Crippen LogP contribution in [0.3, 0.4) is 0 Å². The Balaban J connectivity index is 2.36. The normalized spacial score (nSPS) is 12.4. The summed E-state index contributed by atoms with van der Waals surface area (Å²) in [6.07, 6.45) is 0.551. The van der Waals surface area contributed by atoms with Crippen LogP contribution in [0.2, 0.25) is 10.0 Å². The van der Waals surface area contributed by atoms with Crippen LogP contribution in [0.5, 0.6) is 0 Å². The van der Waals surface area contributed by atoms with Gasteiger partial charge < -0.3 is 5.32 Å². The maximum Gasteiger partial charge on any atom is 0.129 e. The van der Waals surface area contributed by atoms with Gasteiger partial charge in [-0.25, -0.2) is 4.39 Å². The van der Waals surface area contributed by atoms with Gasteiger partial charge in [0.25, 0.3) is 0 Å². The summed E-state index contributed by atoms with van der Waals surface area (Å²) in [5.74, 6) is -0.253. The molecular formula is C15H13BrCl2FN. The molecule has 0 aliphatic rings. The highest BCUT2D eigenvalue weighted by atomic mass is 79.9. The lowest BCUT2D eigenvalue weighted by Crippen LogP contribution is -2.20. The van der Waals surface area contributed by atoms with E-state index < -0.39 is 0 Å². The van der Waals surface area contributed by atoms with E-state index in [1.54, 1.807) is 25.2 Å². The Bertz CT molecular complexity index is 599. The topological polar surface area (TPSA) is 12.0 Å². The zero-order chi connectivity index (χ0) is 14.7. The molecule has 0 saturated heterocycles. The molecule has 0 aliphatic heterocycles. The molecule has 0 radical (unpaired) electrons. The standard InChI is InChI=1S/C15H13BrCl2FN/c1-20-14(15-11(16)3-2-4-13(15)19)8-9-7-10(17)5-6-12(9)18/h2-7,14,20H,8H2,1H3. The van der Waals surface area contributed by atoms with E-state index in [9.17, 15) is 4.39 Å². The molecule has 1 nitrogen and oxygen atoms in total. The van der Waals surface area contributed by atoms with E-state index in [0.29, 0.717) is 22.0 Å². The molecule has 20 heavy (non-hydrogen) atoms. The van der Waals surface area contributed by atoms with Crippen molar-refractivity contribution in [2.45, 2.75) is 12.5 Å². The zero-order valence-corrected chi connectivity index (χ0v) is 13.9. The molecule has 0 bridgehead atoms. The molecule has 0 spiro atoms. The lowest BCUT2D eigenvalue weighted by molar-refractivity contribution is 0.531. The van der Waals surface area contributed by atoms with Crippen LogP contribution in [-0.4, -0.2) is 7.05 Å². The monoisotopic (exact) mass is 375 g/mol. The van der Waals surface area contributed by atoms with Crippen molar-refractivity contribution in [3.05, 3.63) is 67.9 Å². The third-order valence-electron chi connectivity index (χ3n) is 3.13. The molecule has 1 atom stereocenters. The molecule has 0 aliphatic carbocycles. The third kappa shape index (κ3) is 3.53. The van der Waals surface area contributed by atoms with Crippen LogP contribution >= 0.6 is 39.1 Å². The fourth-order valence-corrected chi connectivity index (χ4v) is 3.12. The van der Waals surface area contributed by atoms with Crippen molar-refractivity contribution >= 4 is 39.1 Å². The number of hydrogen-bond acceptors (Lipinski definition) is 1. The quantitative estimate of drug-likeness (QED) is 0.753. The van der Waals surface area contributed by atoms with Crippen molar-refractivity contribution in [1.82, 2.24) is 5.32 Å². The summed E-state index contributed by atoms with van der Waals surface area (Å²) in [6, 6.07) is 10.0. The fraction of sp³-hybridized carbons (Fsp3) is 0.200. The second kappa shape index (κ2) is 6.90. The summed E-state index contributed by atoms with van der Waals surface area (Å²) in [5, 5.41) is 4.37. The average molecular weight is 377 g/mol. The Morgan fingerprint density at radius 2 is 2.00 bits per heavy atom. The van der Waals surface area contributed by atoms with E-state index >= 15 is 0 Å². The number of benzene rings is 2. The largest absolute Gasteiger partial charge is 0.313 e. The molecule has 5 heteroatoms. The van der Waals surface area contributed by atoms with Gasteiger partial charge in [0.15, 0.2) is 0 Å². The second-order valence-corrected chi connectivity index (χ2v) is 6.11. The van der Waals surface area contributed by atoms with Gasteiger partial charge in [0, 0.05) is 26.1 Å². The number of halogens is 4. The first-order chi connectivity index (χ1) is 9.52. The van der Waals surface area contributed by atoms with Gasteiger partial charge in [0.2, 0.25) is 0 Å². The van der Waals surface area contributed by atoms with Gasteiger partial charge in [0.05, 0.1) is 0 Å². The Morgan fingerprint density at radius 1 is 1.25 bits per heavy atom. The number of nitrogens with one attached hydrogen (secondary N) is 1. The summed E-state index contributed by atoms with van der Waals surface area (Å²) >= 11 is 15.6. The van der Waals surface area contributed by atoms with Crippen molar-refractivity contribution < 1.29 is 4.39 Å². The van der Waals surface area contributed by atoms with Gasteiger partial charge in [-0.3, -0.25) is 0 Å². The highest BCUT2D eigenvalue weighted by Gasteiger charge is 2.18. The molecule has 0 saturated carbocycles. The van der Waals surface area contributed by atoms with Gasteiger partial charge in [0.1, 0.15) is 5.82 Å². The van der Waals surface area contributed by atoms with Crippen molar-refractivity contribution in [1.29, 1.82) is 0 Å². The molecular weight excluding hydrogens is 364 g/mol. The molecule has 1 N–H and O–H groups in total. The van der Waals surface area contributed by atoms with Crippen LogP contribution < -0.4 is 5.32 Å². The third-order valence-corrected chi connectivity index (χ3v) is 4.42. The molecule has 2 rings (SSSR count). The van der Waals surface area contributed by atoms with Crippen molar-refractivity contribution in [2.24, 2.45) is 0 Å². The fourth-order valence-electron chi connectivity index (χ4n) is 2.11. The predicted molar refractivity (Wildman–Crippen MR) is 86.1 cm³/mol. The highest BCUT2D eigenvalue weighted by molar-refractivity contribution is 9.10. The van der Waals surface area contributed by atoms with Crippen LogP contribution in [-0.2, 0) is 6.42 Å². The number of likely N-dealkylation sites (N-methyl/N-ethyl adjacent to an activating group) is 1. The highest BCUT2D eigenvalue weighted by Crippen LogP contribution is 2.31. The summed E-state index contributed by atoms with van der Waals surface area (Å²) < 4.78 is 14.8. The average Bonchev–Trinajstić information content (AvgIpc) is 2.41. The molecule has 2 aromatic carbocycles. The van der Waals surface area contributed by atoms with Gasteiger partial charge in [-0.15, -0.1) is 0 Å². The SMILES string of the molecule is CNC(Cc1cc(Cl)ccc1Cl)c1c(F)cccc1Br. The zero-order valence-electron chi connectivity index (χ0n) is 10.8. The van der Waals surface area contributed by atoms with Crippen LogP contribution in [0.15, 0.2) is 40.9 Å². The number of hydrogen-bond donors (Lipinski definition) is 1. The van der Waals surface area contributed by atoms with E-state index in [1.165, 1.54) is 6.07 Å². The van der Waals surface area contributed by atoms with Gasteiger partial charge in [-0.05, 0) is 49.4 Å². The van der Waals surface area contributed by atoms with Crippen LogP contribution in [0.4, 0.5) is 4.39 Å². The van der Waals surface area contributed by atoms with Gasteiger partial charge in [-0.1, -0.05) is 45.2 Å². The minimum absolute atomic E-state index is 0.193. The lowest BCUT2D eigenvalue weighted by atomic mass is 9.98. The Morgan fingerprint density at radius 3 is 2.65 bits per heavy atom. The van der Waals surface area contributed by atoms with Gasteiger partial charge in [-0.2, -0.15) is 0 Å². The first-order valence-corrected chi connectivity index (χ1v) is 7.63. The lowest BCUT2D eigenvalue weighted by Gasteiger charge is -2.19. The maximum atomic E-state index is 14.0. The van der Waals surface area contributed by atoms with E-state index in [1.807, 2.05) is 12.1 Å². The minimum Gasteiger partial charge on any atom is -0.313 e. The first-order valence-electron chi connectivity index (χ1n) is 6.08. The van der Waals surface area contributed by atoms with E-state index in [2.05, 4.69) is 21.2 Å². The molecule has 0 amide bonds. The van der Waals surface area contributed by atoms with Gasteiger partial charge >= 0.3 is 0 Å².